The van der Waals surface area contributed by atoms with Crippen LogP contribution < -0.4 is 10.1 Å². The normalized spacial score (nSPS) is 11.6. The van der Waals surface area contributed by atoms with E-state index in [0.717, 1.165) is 23.8 Å². The minimum Gasteiger partial charge on any atom is -0.430 e. The van der Waals surface area contributed by atoms with Crippen molar-refractivity contribution in [3.63, 3.8) is 0 Å². The van der Waals surface area contributed by atoms with Crippen LogP contribution in [-0.4, -0.2) is 16.7 Å². The van der Waals surface area contributed by atoms with Gasteiger partial charge in [0.25, 0.3) is 5.19 Å². The number of ether oxygens (including phenoxy) is 1. The molecule has 108 valence electrons. The van der Waals surface area contributed by atoms with Gasteiger partial charge in [-0.2, -0.15) is 0 Å². The zero-order valence-electron chi connectivity index (χ0n) is 12.4. The first kappa shape index (κ1) is 14.9. The molecule has 1 aromatic heterocycles. The lowest BCUT2D eigenvalue weighted by atomic mass is 9.87. The third kappa shape index (κ3) is 4.02. The van der Waals surface area contributed by atoms with E-state index in [2.05, 4.69) is 55.3 Å². The monoisotopic (exact) mass is 291 g/mol. The third-order valence-corrected chi connectivity index (χ3v) is 3.68. The van der Waals surface area contributed by atoms with E-state index in [9.17, 15) is 0 Å². The maximum Gasteiger partial charge on any atom is 0.299 e. The number of aromatic nitrogens is 2. The molecule has 20 heavy (non-hydrogen) atoms. The van der Waals surface area contributed by atoms with Crippen LogP contribution in [0.15, 0.2) is 24.3 Å². The van der Waals surface area contributed by atoms with Gasteiger partial charge in [0.1, 0.15) is 10.8 Å². The molecule has 0 aliphatic carbocycles. The molecule has 5 heteroatoms. The fraction of sp³-hybridized carbons (Fsp3) is 0.467. The molecule has 1 heterocycles. The zero-order valence-corrected chi connectivity index (χ0v) is 13.3. The van der Waals surface area contributed by atoms with Crippen molar-refractivity contribution in [2.24, 2.45) is 0 Å². The van der Waals surface area contributed by atoms with Crippen molar-refractivity contribution in [2.75, 3.05) is 6.54 Å². The van der Waals surface area contributed by atoms with Crippen LogP contribution in [0.1, 0.15) is 38.3 Å². The molecule has 0 saturated carbocycles. The lowest BCUT2D eigenvalue weighted by Gasteiger charge is -2.19. The molecule has 0 atom stereocenters. The maximum absolute atomic E-state index is 5.79. The summed E-state index contributed by atoms with van der Waals surface area (Å²) in [6, 6.07) is 8.13. The molecule has 0 aliphatic heterocycles. The van der Waals surface area contributed by atoms with Crippen molar-refractivity contribution in [3.05, 3.63) is 34.8 Å². The summed E-state index contributed by atoms with van der Waals surface area (Å²) in [5.41, 5.74) is 1.35. The van der Waals surface area contributed by atoms with Gasteiger partial charge in [-0.3, -0.25) is 0 Å². The Morgan fingerprint density at radius 3 is 2.75 bits per heavy atom. The lowest BCUT2D eigenvalue weighted by molar-refractivity contribution is 0.469. The van der Waals surface area contributed by atoms with Gasteiger partial charge in [-0.25, -0.2) is 0 Å². The van der Waals surface area contributed by atoms with E-state index in [1.165, 1.54) is 16.9 Å². The number of rotatable bonds is 5. The quantitative estimate of drug-likeness (QED) is 0.911. The number of hydrogen-bond donors (Lipinski definition) is 1. The smallest absolute Gasteiger partial charge is 0.299 e. The third-order valence-electron chi connectivity index (χ3n) is 2.88. The Balaban J connectivity index is 2.08. The van der Waals surface area contributed by atoms with Gasteiger partial charge in [0.05, 0.1) is 0 Å². The molecule has 0 spiro atoms. The van der Waals surface area contributed by atoms with Crippen molar-refractivity contribution < 1.29 is 4.74 Å². The van der Waals surface area contributed by atoms with E-state index in [4.69, 9.17) is 4.74 Å². The first-order chi connectivity index (χ1) is 9.49. The average Bonchev–Trinajstić information content (AvgIpc) is 2.83. The largest absolute Gasteiger partial charge is 0.430 e. The highest BCUT2D eigenvalue weighted by Crippen LogP contribution is 2.29. The van der Waals surface area contributed by atoms with Gasteiger partial charge >= 0.3 is 0 Å². The van der Waals surface area contributed by atoms with Crippen LogP contribution >= 0.6 is 11.3 Å². The summed E-state index contributed by atoms with van der Waals surface area (Å²) in [6.07, 6.45) is 0. The van der Waals surface area contributed by atoms with Crippen molar-refractivity contribution >= 4 is 11.3 Å². The van der Waals surface area contributed by atoms with Crippen LogP contribution in [0.4, 0.5) is 0 Å². The highest BCUT2D eigenvalue weighted by molar-refractivity contribution is 7.13. The summed E-state index contributed by atoms with van der Waals surface area (Å²) in [5.74, 6) is 0.809. The fourth-order valence-corrected chi connectivity index (χ4v) is 2.39. The number of nitrogens with zero attached hydrogens (tertiary/aromatic N) is 2. The van der Waals surface area contributed by atoms with Gasteiger partial charge in [-0.1, -0.05) is 56.3 Å². The van der Waals surface area contributed by atoms with Gasteiger partial charge in [0, 0.05) is 6.54 Å². The van der Waals surface area contributed by atoms with Gasteiger partial charge in [-0.05, 0) is 29.7 Å². The summed E-state index contributed by atoms with van der Waals surface area (Å²) >= 11 is 1.47. The first-order valence-corrected chi connectivity index (χ1v) is 7.62. The Morgan fingerprint density at radius 2 is 2.05 bits per heavy atom. The van der Waals surface area contributed by atoms with Gasteiger partial charge in [0.15, 0.2) is 0 Å². The average molecular weight is 291 g/mol. The van der Waals surface area contributed by atoms with Crippen molar-refractivity contribution in [1.29, 1.82) is 0 Å². The van der Waals surface area contributed by atoms with E-state index < -0.39 is 0 Å². The Morgan fingerprint density at radius 1 is 1.25 bits per heavy atom. The van der Waals surface area contributed by atoms with E-state index in [1.807, 2.05) is 12.1 Å². The molecule has 0 bridgehead atoms. The Bertz CT molecular complexity index is 560. The second-order valence-electron chi connectivity index (χ2n) is 5.62. The molecular weight excluding hydrogens is 270 g/mol. The van der Waals surface area contributed by atoms with Gasteiger partial charge in [-0.15, -0.1) is 5.10 Å². The van der Waals surface area contributed by atoms with E-state index in [-0.39, 0.29) is 5.41 Å². The number of benzene rings is 1. The molecule has 0 aliphatic rings. The summed E-state index contributed by atoms with van der Waals surface area (Å²) in [4.78, 5) is 0. The minimum atomic E-state index is 0.108. The molecule has 1 N–H and O–H groups in total. The van der Waals surface area contributed by atoms with E-state index in [0.29, 0.717) is 5.19 Å². The van der Waals surface area contributed by atoms with Crippen molar-refractivity contribution in [3.8, 4) is 10.9 Å². The maximum atomic E-state index is 5.79. The molecule has 1 aromatic carbocycles. The Kier molecular flexibility index (Phi) is 4.73. The second kappa shape index (κ2) is 6.33. The van der Waals surface area contributed by atoms with Crippen molar-refractivity contribution in [2.45, 2.75) is 39.7 Å². The molecule has 4 nitrogen and oxygen atoms in total. The summed E-state index contributed by atoms with van der Waals surface area (Å²) in [6.45, 7) is 10.3. The Labute approximate surface area is 124 Å². The van der Waals surface area contributed by atoms with E-state index in [1.54, 1.807) is 0 Å². The SMILES string of the molecule is CCNCc1nnc(Oc2cccc(C(C)(C)C)c2)s1. The second-order valence-corrected chi connectivity index (χ2v) is 6.65. The van der Waals surface area contributed by atoms with Crippen LogP contribution in [0, 0.1) is 0 Å². The number of nitrogens with one attached hydrogen (secondary N) is 1. The molecule has 0 unspecified atom stereocenters. The van der Waals surface area contributed by atoms with Crippen LogP contribution in [0.2, 0.25) is 0 Å². The van der Waals surface area contributed by atoms with Crippen LogP contribution in [0.25, 0.3) is 0 Å². The highest BCUT2D eigenvalue weighted by Gasteiger charge is 2.14. The lowest BCUT2D eigenvalue weighted by Crippen LogP contribution is -2.11. The summed E-state index contributed by atoms with van der Waals surface area (Å²) in [7, 11) is 0. The first-order valence-electron chi connectivity index (χ1n) is 6.80. The molecule has 0 fully saturated rings. The molecule has 2 aromatic rings. The topological polar surface area (TPSA) is 47.0 Å². The van der Waals surface area contributed by atoms with Crippen molar-refractivity contribution in [1.82, 2.24) is 15.5 Å². The molecule has 0 saturated heterocycles. The minimum absolute atomic E-state index is 0.108. The van der Waals surface area contributed by atoms with Crippen LogP contribution in [0.5, 0.6) is 10.9 Å². The van der Waals surface area contributed by atoms with Gasteiger partial charge < -0.3 is 10.1 Å². The molecule has 0 amide bonds. The van der Waals surface area contributed by atoms with E-state index >= 15 is 0 Å². The molecule has 0 radical (unpaired) electrons. The fourth-order valence-electron chi connectivity index (χ4n) is 1.71. The van der Waals surface area contributed by atoms with Crippen LogP contribution in [0.3, 0.4) is 0 Å². The molecular formula is C15H21N3OS. The number of hydrogen-bond acceptors (Lipinski definition) is 5. The summed E-state index contributed by atoms with van der Waals surface area (Å²) < 4.78 is 5.79. The standard InChI is InChI=1S/C15H21N3OS/c1-5-16-10-13-17-18-14(20-13)19-12-8-6-7-11(9-12)15(2,3)4/h6-9,16H,5,10H2,1-4H3. The predicted molar refractivity (Wildman–Crippen MR) is 82.5 cm³/mol. The van der Waals surface area contributed by atoms with Gasteiger partial charge in [0.2, 0.25) is 0 Å². The summed E-state index contributed by atoms with van der Waals surface area (Å²) in [5, 5.41) is 12.9. The highest BCUT2D eigenvalue weighted by atomic mass is 32.1. The van der Waals surface area contributed by atoms with Crippen LogP contribution in [-0.2, 0) is 12.0 Å². The zero-order chi connectivity index (χ0) is 14.6. The molecule has 2 rings (SSSR count). The Hall–Kier alpha value is -1.46. The predicted octanol–water partition coefficient (Wildman–Crippen LogP) is 3.74.